The lowest BCUT2D eigenvalue weighted by Gasteiger charge is -2.13. The number of carbonyl (C=O) groups is 4. The summed E-state index contributed by atoms with van der Waals surface area (Å²) in [6.07, 6.45) is 1.52. The van der Waals surface area contributed by atoms with Crippen LogP contribution >= 0.6 is 39.3 Å². The summed E-state index contributed by atoms with van der Waals surface area (Å²) >= 11 is 10.0. The Morgan fingerprint density at radius 2 is 1.72 bits per heavy atom. The molecule has 1 saturated heterocycles. The number of para-hydroxylation sites is 1. The van der Waals surface area contributed by atoms with E-state index in [1.165, 1.54) is 13.2 Å². The first kappa shape index (κ1) is 28.2. The Morgan fingerprint density at radius 1 is 0.974 bits per heavy atom. The van der Waals surface area contributed by atoms with Gasteiger partial charge in [0.25, 0.3) is 17.1 Å². The number of imide groups is 1. The fraction of sp³-hybridized carbons (Fsp3) is 0.111. The van der Waals surface area contributed by atoms with Crippen LogP contribution in [-0.4, -0.2) is 48.1 Å². The van der Waals surface area contributed by atoms with Gasteiger partial charge in [0.05, 0.1) is 17.0 Å². The van der Waals surface area contributed by atoms with Gasteiger partial charge in [-0.2, -0.15) is 0 Å². The topological polar surface area (TPSA) is 114 Å². The third kappa shape index (κ3) is 7.41. The minimum Gasteiger partial charge on any atom is -0.493 e. The number of nitrogens with zero attached hydrogens (tertiary/aromatic N) is 1. The zero-order chi connectivity index (χ0) is 27.9. The number of hydrogen-bond acceptors (Lipinski definition) is 7. The molecule has 0 aromatic heterocycles. The van der Waals surface area contributed by atoms with Crippen molar-refractivity contribution in [1.29, 1.82) is 0 Å². The predicted octanol–water partition coefficient (Wildman–Crippen LogP) is 5.80. The molecule has 1 fully saturated rings. The molecule has 200 valence electrons. The van der Waals surface area contributed by atoms with Crippen molar-refractivity contribution in [1.82, 2.24) is 4.90 Å². The largest absolute Gasteiger partial charge is 0.493 e. The van der Waals surface area contributed by atoms with E-state index in [4.69, 9.17) is 21.1 Å². The Bertz CT molecular complexity index is 1470. The smallest absolute Gasteiger partial charge is 0.294 e. The maximum absolute atomic E-state index is 12.9. The van der Waals surface area contributed by atoms with Crippen LogP contribution < -0.4 is 20.1 Å². The van der Waals surface area contributed by atoms with E-state index in [-0.39, 0.29) is 17.4 Å². The number of thioether (sulfide) groups is 1. The van der Waals surface area contributed by atoms with Gasteiger partial charge < -0.3 is 20.1 Å². The van der Waals surface area contributed by atoms with Gasteiger partial charge in [0.15, 0.2) is 18.1 Å². The maximum atomic E-state index is 12.9. The normalized spacial score (nSPS) is 13.9. The lowest BCUT2D eigenvalue weighted by atomic mass is 10.2. The molecule has 0 unspecified atom stereocenters. The van der Waals surface area contributed by atoms with Crippen LogP contribution in [0.4, 0.5) is 16.2 Å². The molecule has 2 N–H and O–H groups in total. The highest BCUT2D eigenvalue weighted by atomic mass is 79.9. The molecule has 0 aliphatic carbocycles. The summed E-state index contributed by atoms with van der Waals surface area (Å²) < 4.78 is 11.6. The minimum absolute atomic E-state index is 0.150. The highest BCUT2D eigenvalue weighted by molar-refractivity contribution is 9.10. The highest BCUT2D eigenvalue weighted by Crippen LogP contribution is 2.34. The van der Waals surface area contributed by atoms with Crippen LogP contribution in [0.15, 0.2) is 76.1 Å². The van der Waals surface area contributed by atoms with E-state index in [9.17, 15) is 19.2 Å². The monoisotopic (exact) mass is 629 g/mol. The van der Waals surface area contributed by atoms with Gasteiger partial charge in [0.2, 0.25) is 5.91 Å². The van der Waals surface area contributed by atoms with Gasteiger partial charge in [-0.25, -0.2) is 0 Å². The number of anilines is 2. The standard InChI is InChI=1S/C27H21BrClN3O6S/c1-37-22-11-16(7-10-21(22)38-15-25(34)30-17-5-3-2-4-6-17)12-23-26(35)32(27(36)39-23)14-24(33)31-18-8-9-19(28)20(29)13-18/h2-13H,14-15H2,1H3,(H,30,34)(H,31,33)/b23-12-. The maximum Gasteiger partial charge on any atom is 0.294 e. The van der Waals surface area contributed by atoms with Gasteiger partial charge in [-0.15, -0.1) is 0 Å². The number of nitrogens with one attached hydrogen (secondary N) is 2. The van der Waals surface area contributed by atoms with Crippen LogP contribution in [0, 0.1) is 0 Å². The number of ether oxygens (including phenoxy) is 2. The second-order valence-corrected chi connectivity index (χ2v) is 10.3. The van der Waals surface area contributed by atoms with E-state index in [0.717, 1.165) is 16.7 Å². The third-order valence-corrected chi connectivity index (χ3v) is 7.42. The Morgan fingerprint density at radius 3 is 2.44 bits per heavy atom. The van der Waals surface area contributed by atoms with Crippen molar-refractivity contribution in [2.24, 2.45) is 0 Å². The lowest BCUT2D eigenvalue weighted by Crippen LogP contribution is -2.36. The van der Waals surface area contributed by atoms with Crippen molar-refractivity contribution in [2.75, 3.05) is 30.9 Å². The molecule has 12 heteroatoms. The average Bonchev–Trinajstić information content (AvgIpc) is 3.17. The molecule has 1 aliphatic heterocycles. The van der Waals surface area contributed by atoms with Gasteiger partial charge in [-0.3, -0.25) is 24.1 Å². The number of hydrogen-bond donors (Lipinski definition) is 2. The first-order chi connectivity index (χ1) is 18.7. The number of carbonyl (C=O) groups excluding carboxylic acids is 4. The van der Waals surface area contributed by atoms with Gasteiger partial charge in [0.1, 0.15) is 6.54 Å². The molecular formula is C27H21BrClN3O6S. The first-order valence-electron chi connectivity index (χ1n) is 11.4. The van der Waals surface area contributed by atoms with E-state index < -0.39 is 23.6 Å². The van der Waals surface area contributed by atoms with E-state index in [1.807, 2.05) is 18.2 Å². The Hall–Kier alpha value is -3.80. The summed E-state index contributed by atoms with van der Waals surface area (Å²) in [6.45, 7) is -0.686. The minimum atomic E-state index is -0.592. The summed E-state index contributed by atoms with van der Waals surface area (Å²) in [5.41, 5.74) is 1.65. The Labute approximate surface area is 241 Å². The molecule has 0 atom stereocenters. The first-order valence-corrected chi connectivity index (χ1v) is 13.4. The molecule has 39 heavy (non-hydrogen) atoms. The van der Waals surface area contributed by atoms with Crippen LogP contribution in [0.5, 0.6) is 11.5 Å². The zero-order valence-electron chi connectivity index (χ0n) is 20.4. The molecule has 3 aromatic rings. The third-order valence-electron chi connectivity index (χ3n) is 5.28. The van der Waals surface area contributed by atoms with Crippen LogP contribution in [0.1, 0.15) is 5.56 Å². The SMILES string of the molecule is COc1cc(/C=C2\SC(=O)N(CC(=O)Nc3ccc(Br)c(Cl)c3)C2=O)ccc1OCC(=O)Nc1ccccc1. The molecule has 0 spiro atoms. The van der Waals surface area contributed by atoms with Crippen LogP contribution in [0.25, 0.3) is 6.08 Å². The van der Waals surface area contributed by atoms with Crippen LogP contribution in [-0.2, 0) is 14.4 Å². The van der Waals surface area contributed by atoms with Crippen molar-refractivity contribution >= 4 is 79.7 Å². The molecule has 0 bridgehead atoms. The van der Waals surface area contributed by atoms with Gasteiger partial charge in [0, 0.05) is 15.8 Å². The molecule has 9 nitrogen and oxygen atoms in total. The van der Waals surface area contributed by atoms with E-state index in [2.05, 4.69) is 26.6 Å². The highest BCUT2D eigenvalue weighted by Gasteiger charge is 2.36. The fourth-order valence-corrected chi connectivity index (χ4v) is 4.73. The molecule has 1 aliphatic rings. The average molecular weight is 631 g/mol. The van der Waals surface area contributed by atoms with Gasteiger partial charge in [-0.1, -0.05) is 35.9 Å². The fourth-order valence-electron chi connectivity index (χ4n) is 3.46. The predicted molar refractivity (Wildman–Crippen MR) is 154 cm³/mol. The molecule has 4 rings (SSSR count). The molecular weight excluding hydrogens is 610 g/mol. The van der Waals surface area contributed by atoms with E-state index >= 15 is 0 Å². The number of amides is 4. The Kier molecular flexibility index (Phi) is 9.28. The van der Waals surface area contributed by atoms with Crippen molar-refractivity contribution in [3.05, 3.63) is 86.7 Å². The number of halogens is 2. The van der Waals surface area contributed by atoms with Crippen molar-refractivity contribution in [2.45, 2.75) is 0 Å². The quantitative estimate of drug-likeness (QED) is 0.287. The zero-order valence-corrected chi connectivity index (χ0v) is 23.6. The van der Waals surface area contributed by atoms with Gasteiger partial charge in [-0.05, 0) is 81.8 Å². The molecule has 1 heterocycles. The number of methoxy groups -OCH3 is 1. The number of benzene rings is 3. The Balaban J connectivity index is 1.38. The second-order valence-electron chi connectivity index (χ2n) is 8.06. The lowest BCUT2D eigenvalue weighted by molar-refractivity contribution is -0.127. The summed E-state index contributed by atoms with van der Waals surface area (Å²) in [4.78, 5) is 51.0. The summed E-state index contributed by atoms with van der Waals surface area (Å²) in [5, 5.41) is 5.19. The van der Waals surface area contributed by atoms with Crippen LogP contribution in [0.2, 0.25) is 5.02 Å². The van der Waals surface area contributed by atoms with Crippen molar-refractivity contribution in [3.8, 4) is 11.5 Å². The van der Waals surface area contributed by atoms with Crippen LogP contribution in [0.3, 0.4) is 0 Å². The summed E-state index contributed by atoms with van der Waals surface area (Å²) in [7, 11) is 1.45. The van der Waals surface area contributed by atoms with Crippen molar-refractivity contribution in [3.63, 3.8) is 0 Å². The molecule has 0 radical (unpaired) electrons. The van der Waals surface area contributed by atoms with Crippen molar-refractivity contribution < 1.29 is 28.7 Å². The summed E-state index contributed by atoms with van der Waals surface area (Å²) in [5.74, 6) is -0.811. The molecule has 4 amide bonds. The number of rotatable bonds is 9. The second kappa shape index (κ2) is 12.8. The molecule has 0 saturated carbocycles. The summed E-state index contributed by atoms with van der Waals surface area (Å²) in [6, 6.07) is 18.7. The van der Waals surface area contributed by atoms with Gasteiger partial charge >= 0.3 is 0 Å². The molecule has 3 aromatic carbocycles. The van der Waals surface area contributed by atoms with E-state index in [0.29, 0.717) is 37.9 Å². The van der Waals surface area contributed by atoms with E-state index in [1.54, 1.807) is 48.5 Å².